The fraction of sp³-hybridized carbons (Fsp3) is 0.417. The molecule has 1 fully saturated rings. The quantitative estimate of drug-likeness (QED) is 0.755. The summed E-state index contributed by atoms with van der Waals surface area (Å²) in [6, 6.07) is 8.02. The van der Waals surface area contributed by atoms with Gasteiger partial charge in [-0.2, -0.15) is 0 Å². The number of ether oxygens (including phenoxy) is 1. The van der Waals surface area contributed by atoms with Crippen LogP contribution in [0.1, 0.15) is 11.1 Å². The molecular weight excluding hydrogens is 190 g/mol. The average Bonchev–Trinajstić information content (AvgIpc) is 2.14. The second kappa shape index (κ2) is 4.45. The summed E-state index contributed by atoms with van der Waals surface area (Å²) in [6.07, 6.45) is 0. The summed E-state index contributed by atoms with van der Waals surface area (Å²) in [5, 5.41) is 3.05. The van der Waals surface area contributed by atoms with E-state index in [1.54, 1.807) is 0 Å². The van der Waals surface area contributed by atoms with E-state index in [0.29, 0.717) is 6.61 Å². The first kappa shape index (κ1) is 10.2. The Kier molecular flexibility index (Phi) is 3.02. The van der Waals surface area contributed by atoms with Gasteiger partial charge in [0.05, 0.1) is 5.92 Å². The Morgan fingerprint density at radius 3 is 2.60 bits per heavy atom. The van der Waals surface area contributed by atoms with Gasteiger partial charge in [-0.05, 0) is 12.5 Å². The van der Waals surface area contributed by atoms with Crippen LogP contribution in [0, 0.1) is 12.8 Å². The molecule has 1 saturated heterocycles. The van der Waals surface area contributed by atoms with Crippen LogP contribution in [0.15, 0.2) is 24.3 Å². The van der Waals surface area contributed by atoms with Gasteiger partial charge >= 0.3 is 5.97 Å². The fourth-order valence-electron chi connectivity index (χ4n) is 1.41. The Balaban J connectivity index is 1.82. The maximum Gasteiger partial charge on any atom is 0.311 e. The Morgan fingerprint density at radius 1 is 1.40 bits per heavy atom. The van der Waals surface area contributed by atoms with Crippen LogP contribution in [0.4, 0.5) is 0 Å². The van der Waals surface area contributed by atoms with E-state index >= 15 is 0 Å². The molecule has 2 rings (SSSR count). The molecule has 3 heteroatoms. The third-order valence-corrected chi connectivity index (χ3v) is 2.62. The molecule has 0 amide bonds. The third kappa shape index (κ3) is 2.57. The van der Waals surface area contributed by atoms with Crippen molar-refractivity contribution >= 4 is 5.97 Å². The normalized spacial score (nSPS) is 15.8. The van der Waals surface area contributed by atoms with Gasteiger partial charge in [-0.1, -0.05) is 29.8 Å². The van der Waals surface area contributed by atoms with Crippen LogP contribution in [-0.2, 0) is 16.1 Å². The number of hydrogen-bond acceptors (Lipinski definition) is 3. The largest absolute Gasteiger partial charge is 0.461 e. The summed E-state index contributed by atoms with van der Waals surface area (Å²) >= 11 is 0. The standard InChI is InChI=1S/C12H15NO2/c1-9-2-4-10(5-3-9)8-15-12(14)11-6-13-7-11/h2-5,11,13H,6-8H2,1H3. The van der Waals surface area contributed by atoms with Gasteiger partial charge < -0.3 is 10.1 Å². The van der Waals surface area contributed by atoms with Crippen LogP contribution in [0.5, 0.6) is 0 Å². The van der Waals surface area contributed by atoms with Gasteiger partial charge in [0.1, 0.15) is 6.61 Å². The van der Waals surface area contributed by atoms with Gasteiger partial charge in [-0.25, -0.2) is 0 Å². The molecule has 1 heterocycles. The molecule has 0 spiro atoms. The monoisotopic (exact) mass is 205 g/mol. The van der Waals surface area contributed by atoms with Crippen molar-refractivity contribution in [1.82, 2.24) is 5.32 Å². The maximum atomic E-state index is 11.4. The van der Waals surface area contributed by atoms with Crippen LogP contribution < -0.4 is 5.32 Å². The fourth-order valence-corrected chi connectivity index (χ4v) is 1.41. The number of hydrogen-bond donors (Lipinski definition) is 1. The Labute approximate surface area is 89.4 Å². The number of esters is 1. The zero-order chi connectivity index (χ0) is 10.7. The molecule has 0 aliphatic carbocycles. The summed E-state index contributed by atoms with van der Waals surface area (Å²) in [7, 11) is 0. The maximum absolute atomic E-state index is 11.4. The van der Waals surface area contributed by atoms with E-state index in [9.17, 15) is 4.79 Å². The topological polar surface area (TPSA) is 38.3 Å². The molecule has 15 heavy (non-hydrogen) atoms. The Hall–Kier alpha value is -1.35. The SMILES string of the molecule is Cc1ccc(COC(=O)C2CNC2)cc1. The predicted octanol–water partition coefficient (Wildman–Crippen LogP) is 1.26. The molecule has 3 nitrogen and oxygen atoms in total. The molecular formula is C12H15NO2. The van der Waals surface area contributed by atoms with Gasteiger partial charge in [-0.3, -0.25) is 4.79 Å². The highest BCUT2D eigenvalue weighted by Gasteiger charge is 2.26. The lowest BCUT2D eigenvalue weighted by molar-refractivity contribution is -0.151. The molecule has 0 radical (unpaired) electrons. The molecule has 1 aromatic carbocycles. The lowest BCUT2D eigenvalue weighted by Gasteiger charge is -2.24. The Morgan fingerprint density at radius 2 is 2.07 bits per heavy atom. The minimum Gasteiger partial charge on any atom is -0.461 e. The van der Waals surface area contributed by atoms with Crippen molar-refractivity contribution in [2.24, 2.45) is 5.92 Å². The van der Waals surface area contributed by atoms with Crippen molar-refractivity contribution in [1.29, 1.82) is 0 Å². The van der Waals surface area contributed by atoms with E-state index in [0.717, 1.165) is 18.7 Å². The van der Waals surface area contributed by atoms with Gasteiger partial charge in [0, 0.05) is 13.1 Å². The highest BCUT2D eigenvalue weighted by atomic mass is 16.5. The molecule has 1 aliphatic rings. The summed E-state index contributed by atoms with van der Waals surface area (Å²) in [4.78, 5) is 11.4. The van der Waals surface area contributed by atoms with Gasteiger partial charge in [0.2, 0.25) is 0 Å². The molecule has 1 N–H and O–H groups in total. The number of nitrogens with one attached hydrogen (secondary N) is 1. The minimum absolute atomic E-state index is 0.0652. The lowest BCUT2D eigenvalue weighted by atomic mass is 10.0. The summed E-state index contributed by atoms with van der Waals surface area (Å²) in [6.45, 7) is 3.94. The zero-order valence-corrected chi connectivity index (χ0v) is 8.82. The second-order valence-electron chi connectivity index (χ2n) is 3.95. The Bertz CT molecular complexity index is 341. The second-order valence-corrected chi connectivity index (χ2v) is 3.95. The van der Waals surface area contributed by atoms with Gasteiger partial charge in [0.25, 0.3) is 0 Å². The summed E-state index contributed by atoms with van der Waals surface area (Å²) in [5.74, 6) is -0.0234. The number of rotatable bonds is 3. The summed E-state index contributed by atoms with van der Waals surface area (Å²) in [5.41, 5.74) is 2.26. The molecule has 1 aromatic rings. The molecule has 1 aliphatic heterocycles. The van der Waals surface area contributed by atoms with Crippen molar-refractivity contribution in [3.63, 3.8) is 0 Å². The molecule has 0 unspecified atom stereocenters. The smallest absolute Gasteiger partial charge is 0.311 e. The van der Waals surface area contributed by atoms with Crippen LogP contribution >= 0.6 is 0 Å². The highest BCUT2D eigenvalue weighted by Crippen LogP contribution is 2.09. The first-order chi connectivity index (χ1) is 7.25. The van der Waals surface area contributed by atoms with Crippen molar-refractivity contribution in [3.05, 3.63) is 35.4 Å². The lowest BCUT2D eigenvalue weighted by Crippen LogP contribution is -2.47. The van der Waals surface area contributed by atoms with E-state index in [2.05, 4.69) is 5.32 Å². The number of benzene rings is 1. The molecule has 0 bridgehead atoms. The first-order valence-electron chi connectivity index (χ1n) is 5.18. The number of carbonyl (C=O) groups is 1. The predicted molar refractivity (Wildman–Crippen MR) is 57.3 cm³/mol. The number of aryl methyl sites for hydroxylation is 1. The van der Waals surface area contributed by atoms with E-state index in [1.165, 1.54) is 5.56 Å². The van der Waals surface area contributed by atoms with Crippen molar-refractivity contribution in [2.75, 3.05) is 13.1 Å². The molecule has 0 saturated carbocycles. The first-order valence-corrected chi connectivity index (χ1v) is 5.18. The van der Waals surface area contributed by atoms with Crippen LogP contribution in [0.25, 0.3) is 0 Å². The highest BCUT2D eigenvalue weighted by molar-refractivity contribution is 5.74. The van der Waals surface area contributed by atoms with E-state index < -0.39 is 0 Å². The number of carbonyl (C=O) groups excluding carboxylic acids is 1. The van der Waals surface area contributed by atoms with E-state index in [-0.39, 0.29) is 11.9 Å². The zero-order valence-electron chi connectivity index (χ0n) is 8.82. The van der Waals surface area contributed by atoms with Crippen molar-refractivity contribution in [3.8, 4) is 0 Å². The van der Waals surface area contributed by atoms with E-state index in [1.807, 2.05) is 31.2 Å². The van der Waals surface area contributed by atoms with Crippen LogP contribution in [-0.4, -0.2) is 19.1 Å². The summed E-state index contributed by atoms with van der Waals surface area (Å²) < 4.78 is 5.19. The van der Waals surface area contributed by atoms with Gasteiger partial charge in [0.15, 0.2) is 0 Å². The van der Waals surface area contributed by atoms with Crippen molar-refractivity contribution < 1.29 is 9.53 Å². The van der Waals surface area contributed by atoms with Gasteiger partial charge in [-0.15, -0.1) is 0 Å². The van der Waals surface area contributed by atoms with Crippen LogP contribution in [0.2, 0.25) is 0 Å². The average molecular weight is 205 g/mol. The van der Waals surface area contributed by atoms with E-state index in [4.69, 9.17) is 4.74 Å². The molecule has 80 valence electrons. The van der Waals surface area contributed by atoms with Crippen molar-refractivity contribution in [2.45, 2.75) is 13.5 Å². The molecule has 0 aromatic heterocycles. The third-order valence-electron chi connectivity index (χ3n) is 2.62. The molecule has 0 atom stereocenters. The minimum atomic E-state index is -0.0886. The van der Waals surface area contributed by atoms with Crippen LogP contribution in [0.3, 0.4) is 0 Å².